The van der Waals surface area contributed by atoms with E-state index in [0.717, 1.165) is 0 Å². The molecule has 1 atom stereocenters. The van der Waals surface area contributed by atoms with Gasteiger partial charge in [0.2, 0.25) is 0 Å². The van der Waals surface area contributed by atoms with Crippen molar-refractivity contribution in [3.8, 4) is 22.3 Å². The normalized spacial score (nSPS) is 19.7. The minimum atomic E-state index is 0.0727. The van der Waals surface area contributed by atoms with E-state index in [9.17, 15) is 0 Å². The van der Waals surface area contributed by atoms with Crippen LogP contribution in [0.3, 0.4) is 0 Å². The van der Waals surface area contributed by atoms with Gasteiger partial charge in [0.05, 0.1) is 0 Å². The smallest absolute Gasteiger partial charge is 0.0332 e. The fourth-order valence-corrected chi connectivity index (χ4v) is 7.88. The second-order valence-corrected chi connectivity index (χ2v) is 11.4. The lowest BCUT2D eigenvalue weighted by molar-refractivity contribution is 0.258. The van der Waals surface area contributed by atoms with Gasteiger partial charge in [0.1, 0.15) is 0 Å². The van der Waals surface area contributed by atoms with Crippen molar-refractivity contribution in [3.05, 3.63) is 107 Å². The molecule has 0 saturated heterocycles. The van der Waals surface area contributed by atoms with Gasteiger partial charge in [-0.25, -0.2) is 0 Å². The maximum absolute atomic E-state index is 3.93. The molecule has 0 aliphatic heterocycles. The summed E-state index contributed by atoms with van der Waals surface area (Å²) in [5.74, 6) is 0.701. The first-order valence-corrected chi connectivity index (χ1v) is 13.8. The zero-order chi connectivity index (χ0) is 23.6. The van der Waals surface area contributed by atoms with E-state index in [1.54, 1.807) is 0 Å². The molecule has 1 saturated carbocycles. The van der Waals surface area contributed by atoms with Crippen molar-refractivity contribution in [3.63, 3.8) is 0 Å². The summed E-state index contributed by atoms with van der Waals surface area (Å²) < 4.78 is 1.19. The summed E-state index contributed by atoms with van der Waals surface area (Å²) in [6.45, 7) is 2.54. The van der Waals surface area contributed by atoms with Crippen molar-refractivity contribution >= 4 is 37.5 Å². The Morgan fingerprint density at radius 2 is 1.20 bits per heavy atom. The summed E-state index contributed by atoms with van der Waals surface area (Å²) in [6.07, 6.45) is 6.77. The molecule has 7 rings (SSSR count). The first kappa shape index (κ1) is 21.4. The minimum absolute atomic E-state index is 0.0727. The second kappa shape index (κ2) is 8.07. The third-order valence-corrected chi connectivity index (χ3v) is 9.79. The van der Waals surface area contributed by atoms with E-state index in [1.807, 2.05) is 0 Å². The van der Waals surface area contributed by atoms with Gasteiger partial charge >= 0.3 is 0 Å². The highest BCUT2D eigenvalue weighted by Crippen LogP contribution is 2.56. The van der Waals surface area contributed by atoms with Gasteiger partial charge in [-0.05, 0) is 95.7 Å². The monoisotopic (exact) mass is 516 g/mol. The van der Waals surface area contributed by atoms with E-state index in [2.05, 4.69) is 114 Å². The summed E-state index contributed by atoms with van der Waals surface area (Å²) >= 11 is 3.93. The van der Waals surface area contributed by atoms with Crippen molar-refractivity contribution in [2.24, 2.45) is 5.92 Å². The molecule has 5 aromatic carbocycles. The average Bonchev–Trinajstić information content (AvgIpc) is 3.18. The number of benzene rings is 5. The molecule has 1 unspecified atom stereocenters. The summed E-state index contributed by atoms with van der Waals surface area (Å²) in [4.78, 5) is 0. The summed E-state index contributed by atoms with van der Waals surface area (Å²) in [5.41, 5.74) is 8.69. The van der Waals surface area contributed by atoms with Crippen LogP contribution >= 0.6 is 15.9 Å². The Bertz CT molecular complexity index is 1550. The molecule has 0 N–H and O–H groups in total. The Hall–Kier alpha value is -2.90. The van der Waals surface area contributed by atoms with E-state index >= 15 is 0 Å². The zero-order valence-corrected chi connectivity index (χ0v) is 21.7. The second-order valence-electron chi connectivity index (χ2n) is 10.6. The SMILES string of the molecule is CC1(C2CCCCC2)c2ccccc2-c2ccc(-c3c4ccccc4c(Br)c4ccccc34)cc21. The molecule has 0 heterocycles. The predicted molar refractivity (Wildman–Crippen MR) is 153 cm³/mol. The molecule has 5 aromatic rings. The Balaban J connectivity index is 1.53. The van der Waals surface area contributed by atoms with E-state index in [-0.39, 0.29) is 5.41 Å². The Morgan fingerprint density at radius 3 is 1.89 bits per heavy atom. The number of halogens is 1. The van der Waals surface area contributed by atoms with Crippen LogP contribution in [0.25, 0.3) is 43.8 Å². The lowest BCUT2D eigenvalue weighted by atomic mass is 9.64. The molecule has 0 spiro atoms. The number of hydrogen-bond acceptors (Lipinski definition) is 0. The lowest BCUT2D eigenvalue weighted by Gasteiger charge is -2.39. The zero-order valence-electron chi connectivity index (χ0n) is 20.2. The third-order valence-electron chi connectivity index (χ3n) is 8.93. The first-order chi connectivity index (χ1) is 17.2. The van der Waals surface area contributed by atoms with Crippen LogP contribution in [0.1, 0.15) is 50.2 Å². The lowest BCUT2D eigenvalue weighted by Crippen LogP contribution is -2.33. The van der Waals surface area contributed by atoms with Crippen molar-refractivity contribution in [1.29, 1.82) is 0 Å². The van der Waals surface area contributed by atoms with E-state index in [1.165, 1.54) is 91.5 Å². The van der Waals surface area contributed by atoms with E-state index in [4.69, 9.17) is 0 Å². The van der Waals surface area contributed by atoms with Gasteiger partial charge in [0, 0.05) is 9.89 Å². The number of fused-ring (bicyclic) bond motifs is 5. The predicted octanol–water partition coefficient (Wildman–Crippen LogP) is 10.3. The molecular weight excluding hydrogens is 488 g/mol. The van der Waals surface area contributed by atoms with Crippen LogP contribution < -0.4 is 0 Å². The average molecular weight is 518 g/mol. The van der Waals surface area contributed by atoms with Crippen LogP contribution in [0, 0.1) is 5.92 Å². The van der Waals surface area contributed by atoms with Crippen LogP contribution in [0.15, 0.2) is 95.5 Å². The third kappa shape index (κ3) is 3.04. The first-order valence-electron chi connectivity index (χ1n) is 13.0. The molecule has 0 nitrogen and oxygen atoms in total. The van der Waals surface area contributed by atoms with Crippen molar-refractivity contribution < 1.29 is 0 Å². The van der Waals surface area contributed by atoms with Gasteiger partial charge < -0.3 is 0 Å². The highest BCUT2D eigenvalue weighted by molar-refractivity contribution is 9.10. The van der Waals surface area contributed by atoms with Gasteiger partial charge in [0.25, 0.3) is 0 Å². The molecule has 172 valence electrons. The fourth-order valence-electron chi connectivity index (χ4n) is 7.19. The van der Waals surface area contributed by atoms with Gasteiger partial charge in [-0.2, -0.15) is 0 Å². The van der Waals surface area contributed by atoms with Crippen LogP contribution in [0.5, 0.6) is 0 Å². The molecule has 0 aromatic heterocycles. The van der Waals surface area contributed by atoms with Crippen molar-refractivity contribution in [1.82, 2.24) is 0 Å². The molecule has 0 radical (unpaired) electrons. The van der Waals surface area contributed by atoms with Crippen LogP contribution in [0.2, 0.25) is 0 Å². The quantitative estimate of drug-likeness (QED) is 0.204. The van der Waals surface area contributed by atoms with Crippen LogP contribution in [-0.2, 0) is 5.41 Å². The van der Waals surface area contributed by atoms with Crippen LogP contribution in [0.4, 0.5) is 0 Å². The highest BCUT2D eigenvalue weighted by atomic mass is 79.9. The van der Waals surface area contributed by atoms with E-state index in [0.29, 0.717) is 5.92 Å². The molecule has 2 aliphatic carbocycles. The van der Waals surface area contributed by atoms with Crippen molar-refractivity contribution in [2.45, 2.75) is 44.4 Å². The van der Waals surface area contributed by atoms with Crippen molar-refractivity contribution in [2.75, 3.05) is 0 Å². The van der Waals surface area contributed by atoms with Gasteiger partial charge in [-0.1, -0.05) is 111 Å². The van der Waals surface area contributed by atoms with Gasteiger partial charge in [-0.15, -0.1) is 0 Å². The van der Waals surface area contributed by atoms with Gasteiger partial charge in [0.15, 0.2) is 0 Å². The fraction of sp³-hybridized carbons (Fsp3) is 0.235. The minimum Gasteiger partial charge on any atom is -0.0619 e. The van der Waals surface area contributed by atoms with E-state index < -0.39 is 0 Å². The molecule has 0 bridgehead atoms. The molecule has 35 heavy (non-hydrogen) atoms. The summed E-state index contributed by atoms with van der Waals surface area (Å²) in [6, 6.07) is 34.2. The largest absolute Gasteiger partial charge is 0.0619 e. The van der Waals surface area contributed by atoms with Gasteiger partial charge in [-0.3, -0.25) is 0 Å². The molecule has 1 fully saturated rings. The maximum atomic E-state index is 3.93. The maximum Gasteiger partial charge on any atom is 0.0332 e. The summed E-state index contributed by atoms with van der Waals surface area (Å²) in [5, 5.41) is 5.18. The topological polar surface area (TPSA) is 0 Å². The number of hydrogen-bond donors (Lipinski definition) is 0. The molecule has 1 heteroatoms. The molecule has 0 amide bonds. The molecule has 2 aliphatic rings. The summed E-state index contributed by atoms with van der Waals surface area (Å²) in [7, 11) is 0. The highest BCUT2D eigenvalue weighted by Gasteiger charge is 2.45. The Labute approximate surface area is 216 Å². The van der Waals surface area contributed by atoms with Crippen LogP contribution in [-0.4, -0.2) is 0 Å². The Morgan fingerprint density at radius 1 is 0.629 bits per heavy atom. The molecular formula is C34H29Br. The number of rotatable bonds is 2. The standard InChI is InChI=1S/C34H29Br/c1-34(23-11-3-2-4-12-23)30-18-10-9-13-24(30)25-20-19-22(21-31(25)34)32-26-14-5-7-16-28(26)33(35)29-17-8-6-15-27(29)32/h5-10,13-21,23H,2-4,11-12H2,1H3. The Kier molecular flexibility index (Phi) is 4.93.